The molecule has 0 amide bonds. The normalized spacial score (nSPS) is 42.0. The summed E-state index contributed by atoms with van der Waals surface area (Å²) in [6.45, 7) is 1.42. The van der Waals surface area contributed by atoms with Crippen LogP contribution >= 0.6 is 0 Å². The molecule has 1 nitrogen and oxygen atoms in total. The van der Waals surface area contributed by atoms with Gasteiger partial charge in [0.15, 0.2) is 0 Å². The van der Waals surface area contributed by atoms with Crippen molar-refractivity contribution in [2.75, 3.05) is 20.6 Å². The molecule has 0 radical (unpaired) electrons. The van der Waals surface area contributed by atoms with Gasteiger partial charge in [-0.25, -0.2) is 0 Å². The first-order chi connectivity index (χ1) is 5.18. The number of fused-ring (bicyclic) bond motifs is 2. The van der Waals surface area contributed by atoms with Crippen molar-refractivity contribution in [1.82, 2.24) is 0 Å². The molecule has 1 heteroatoms. The molecule has 11 heavy (non-hydrogen) atoms. The van der Waals surface area contributed by atoms with E-state index in [1.165, 1.54) is 43.1 Å². The predicted molar refractivity (Wildman–Crippen MR) is 47.3 cm³/mol. The van der Waals surface area contributed by atoms with Gasteiger partial charge in [-0.15, -0.1) is 0 Å². The fourth-order valence-electron chi connectivity index (χ4n) is 2.92. The van der Waals surface area contributed by atoms with Crippen LogP contribution in [0.15, 0.2) is 0 Å². The lowest BCUT2D eigenvalue weighted by Gasteiger charge is -2.35. The third kappa shape index (κ3) is 1.31. The van der Waals surface area contributed by atoms with Crippen molar-refractivity contribution in [1.29, 1.82) is 0 Å². The van der Waals surface area contributed by atoms with Crippen LogP contribution in [-0.4, -0.2) is 31.2 Å². The van der Waals surface area contributed by atoms with Gasteiger partial charge in [-0.1, -0.05) is 0 Å². The lowest BCUT2D eigenvalue weighted by Crippen LogP contribution is -2.47. The zero-order valence-electron chi connectivity index (χ0n) is 7.84. The van der Waals surface area contributed by atoms with Gasteiger partial charge in [0, 0.05) is 6.42 Å². The van der Waals surface area contributed by atoms with E-state index in [2.05, 4.69) is 14.1 Å². The highest BCUT2D eigenvalue weighted by Gasteiger charge is 2.38. The van der Waals surface area contributed by atoms with Gasteiger partial charge in [0.05, 0.1) is 26.7 Å². The molecule has 1 unspecified atom stereocenters. The van der Waals surface area contributed by atoms with Gasteiger partial charge < -0.3 is 4.48 Å². The molecule has 2 fully saturated rings. The van der Waals surface area contributed by atoms with Crippen molar-refractivity contribution >= 4 is 0 Å². The summed E-state index contributed by atoms with van der Waals surface area (Å²) in [6.07, 6.45) is 7.52. The van der Waals surface area contributed by atoms with Crippen LogP contribution in [0.5, 0.6) is 0 Å². The average Bonchev–Trinajstić information content (AvgIpc) is 2.30. The molecule has 0 aromatic heterocycles. The van der Waals surface area contributed by atoms with E-state index in [1.807, 2.05) is 0 Å². The Bertz CT molecular complexity index is 151. The minimum Gasteiger partial charge on any atom is -0.326 e. The average molecular weight is 154 g/mol. The van der Waals surface area contributed by atoms with Crippen LogP contribution in [0.2, 0.25) is 0 Å². The summed E-state index contributed by atoms with van der Waals surface area (Å²) in [7, 11) is 4.83. The maximum atomic E-state index is 2.42. The van der Waals surface area contributed by atoms with Crippen LogP contribution in [0.4, 0.5) is 0 Å². The molecular formula is C10H20N+. The van der Waals surface area contributed by atoms with Crippen molar-refractivity contribution < 1.29 is 4.48 Å². The molecule has 1 aliphatic carbocycles. The Morgan fingerprint density at radius 3 is 2.73 bits per heavy atom. The largest absolute Gasteiger partial charge is 0.326 e. The Balaban J connectivity index is 2.13. The van der Waals surface area contributed by atoms with Crippen molar-refractivity contribution in [3.8, 4) is 0 Å². The molecule has 1 aliphatic heterocycles. The highest BCUT2D eigenvalue weighted by atomic mass is 15.3. The monoisotopic (exact) mass is 154 g/mol. The van der Waals surface area contributed by atoms with Gasteiger partial charge in [0.25, 0.3) is 0 Å². The summed E-state index contributed by atoms with van der Waals surface area (Å²) in [4.78, 5) is 0. The second-order valence-electron chi connectivity index (χ2n) is 4.98. The van der Waals surface area contributed by atoms with Crippen molar-refractivity contribution in [3.63, 3.8) is 0 Å². The maximum Gasteiger partial charge on any atom is 0.0888 e. The fourth-order valence-corrected chi connectivity index (χ4v) is 2.92. The number of likely N-dealkylation sites (tertiary alicyclic amines) is 1. The number of nitrogens with zero attached hydrogens (tertiary/aromatic N) is 1. The smallest absolute Gasteiger partial charge is 0.0888 e. The molecule has 0 N–H and O–H groups in total. The number of quaternary nitrogens is 1. The van der Waals surface area contributed by atoms with Gasteiger partial charge in [-0.2, -0.15) is 0 Å². The molecule has 2 aliphatic rings. The summed E-state index contributed by atoms with van der Waals surface area (Å²) < 4.78 is 1.30. The highest BCUT2D eigenvalue weighted by molar-refractivity contribution is 4.78. The van der Waals surface area contributed by atoms with Crippen LogP contribution in [0.3, 0.4) is 0 Å². The van der Waals surface area contributed by atoms with Crippen LogP contribution < -0.4 is 0 Å². The molecule has 0 spiro atoms. The Hall–Kier alpha value is -0.0400. The quantitative estimate of drug-likeness (QED) is 0.468. The number of hydrogen-bond donors (Lipinski definition) is 0. The Morgan fingerprint density at radius 1 is 1.09 bits per heavy atom. The lowest BCUT2D eigenvalue weighted by molar-refractivity contribution is -0.913. The van der Waals surface area contributed by atoms with Crippen molar-refractivity contribution in [2.24, 2.45) is 5.92 Å². The van der Waals surface area contributed by atoms with Crippen LogP contribution in [-0.2, 0) is 0 Å². The van der Waals surface area contributed by atoms with Crippen LogP contribution in [0, 0.1) is 5.92 Å². The van der Waals surface area contributed by atoms with Gasteiger partial charge in [-0.3, -0.25) is 0 Å². The lowest BCUT2D eigenvalue weighted by atomic mass is 10.0. The SMILES string of the molecule is C[N+]1(C)CCCC2CC[C@@H]1C2. The van der Waals surface area contributed by atoms with E-state index in [0.29, 0.717) is 0 Å². The summed E-state index contributed by atoms with van der Waals surface area (Å²) in [5.41, 5.74) is 0. The summed E-state index contributed by atoms with van der Waals surface area (Å²) >= 11 is 0. The van der Waals surface area contributed by atoms with Gasteiger partial charge in [-0.05, 0) is 31.6 Å². The topological polar surface area (TPSA) is 0 Å². The van der Waals surface area contributed by atoms with E-state index in [9.17, 15) is 0 Å². The molecule has 0 aromatic carbocycles. The number of hydrogen-bond acceptors (Lipinski definition) is 0. The molecule has 1 saturated heterocycles. The zero-order chi connectivity index (χ0) is 7.90. The summed E-state index contributed by atoms with van der Waals surface area (Å²) in [5.74, 6) is 1.10. The third-order valence-electron chi connectivity index (χ3n) is 3.85. The molecule has 1 heterocycles. The molecule has 0 aromatic rings. The minimum absolute atomic E-state index is 1.00. The molecule has 64 valence electrons. The molecule has 1 saturated carbocycles. The van der Waals surface area contributed by atoms with E-state index in [4.69, 9.17) is 0 Å². The first-order valence-electron chi connectivity index (χ1n) is 5.01. The van der Waals surface area contributed by atoms with E-state index >= 15 is 0 Å². The first kappa shape index (κ1) is 7.60. The third-order valence-corrected chi connectivity index (χ3v) is 3.85. The van der Waals surface area contributed by atoms with E-state index in [1.54, 1.807) is 0 Å². The van der Waals surface area contributed by atoms with E-state index in [0.717, 1.165) is 12.0 Å². The highest BCUT2D eigenvalue weighted by Crippen LogP contribution is 2.37. The van der Waals surface area contributed by atoms with Crippen LogP contribution in [0.25, 0.3) is 0 Å². The standard InChI is InChI=1S/C10H20N/c1-11(2)7-3-4-9-5-6-10(11)8-9/h9-10H,3-8H2,1-2H3/q+1/t9?,10-/m1/s1. The summed E-state index contributed by atoms with van der Waals surface area (Å²) in [6, 6.07) is 1.00. The van der Waals surface area contributed by atoms with E-state index in [-0.39, 0.29) is 0 Å². The Kier molecular flexibility index (Phi) is 1.71. The summed E-state index contributed by atoms with van der Waals surface area (Å²) in [5, 5.41) is 0. The maximum absolute atomic E-state index is 2.42. The molecule has 2 rings (SSSR count). The Morgan fingerprint density at radius 2 is 1.91 bits per heavy atom. The second-order valence-corrected chi connectivity index (χ2v) is 4.98. The fraction of sp³-hybridized carbons (Fsp3) is 1.00. The second kappa shape index (κ2) is 2.48. The number of rotatable bonds is 0. The van der Waals surface area contributed by atoms with Crippen LogP contribution in [0.1, 0.15) is 32.1 Å². The van der Waals surface area contributed by atoms with Gasteiger partial charge in [0.2, 0.25) is 0 Å². The molecular weight excluding hydrogens is 134 g/mol. The minimum atomic E-state index is 1.00. The molecule has 2 bridgehead atoms. The van der Waals surface area contributed by atoms with Gasteiger partial charge >= 0.3 is 0 Å². The van der Waals surface area contributed by atoms with Crippen molar-refractivity contribution in [2.45, 2.75) is 38.1 Å². The Labute approximate surface area is 70.0 Å². The molecule has 2 atom stereocenters. The first-order valence-corrected chi connectivity index (χ1v) is 5.01. The predicted octanol–water partition coefficient (Wildman–Crippen LogP) is 2.03. The van der Waals surface area contributed by atoms with Crippen molar-refractivity contribution in [3.05, 3.63) is 0 Å². The van der Waals surface area contributed by atoms with Gasteiger partial charge in [0.1, 0.15) is 0 Å². The zero-order valence-corrected chi connectivity index (χ0v) is 7.84. The van der Waals surface area contributed by atoms with E-state index < -0.39 is 0 Å².